The molecule has 3 amide bonds. The van der Waals surface area contributed by atoms with Crippen LogP contribution < -0.4 is 20.3 Å². The van der Waals surface area contributed by atoms with Gasteiger partial charge in [0.05, 0.1) is 13.0 Å². The highest BCUT2D eigenvalue weighted by molar-refractivity contribution is 6.01. The predicted molar refractivity (Wildman–Crippen MR) is 114 cm³/mol. The Morgan fingerprint density at radius 3 is 2.50 bits per heavy atom. The zero-order chi connectivity index (χ0) is 21.5. The summed E-state index contributed by atoms with van der Waals surface area (Å²) < 4.78 is 5.13. The van der Waals surface area contributed by atoms with Crippen LogP contribution in [0.1, 0.15) is 18.9 Å². The van der Waals surface area contributed by atoms with Crippen LogP contribution in [0.5, 0.6) is 5.75 Å². The molecule has 2 aromatic carbocycles. The van der Waals surface area contributed by atoms with Crippen molar-refractivity contribution in [3.63, 3.8) is 0 Å². The quantitative estimate of drug-likeness (QED) is 0.697. The minimum absolute atomic E-state index is 0.111. The van der Waals surface area contributed by atoms with Crippen molar-refractivity contribution < 1.29 is 19.1 Å². The number of nitrogens with zero attached hydrogens (tertiary/aromatic N) is 1. The number of hydrogen-bond acceptors (Lipinski definition) is 4. The topological polar surface area (TPSA) is 87.7 Å². The molecule has 1 unspecified atom stereocenters. The highest BCUT2D eigenvalue weighted by atomic mass is 16.5. The minimum Gasteiger partial charge on any atom is -0.497 e. The molecule has 0 aliphatic carbocycles. The van der Waals surface area contributed by atoms with E-state index < -0.39 is 12.0 Å². The lowest BCUT2D eigenvalue weighted by atomic mass is 10.1. The van der Waals surface area contributed by atoms with Gasteiger partial charge < -0.3 is 20.3 Å². The van der Waals surface area contributed by atoms with Gasteiger partial charge >= 0.3 is 0 Å². The molecule has 1 heterocycles. The number of carbonyl (C=O) groups is 3. The van der Waals surface area contributed by atoms with E-state index in [4.69, 9.17) is 4.74 Å². The Labute approximate surface area is 176 Å². The molecular weight excluding hydrogens is 382 g/mol. The van der Waals surface area contributed by atoms with Crippen LogP contribution >= 0.6 is 0 Å². The highest BCUT2D eigenvalue weighted by Gasteiger charge is 2.36. The molecule has 0 aromatic heterocycles. The minimum atomic E-state index is -0.668. The maximum Gasteiger partial charge on any atom is 0.242 e. The Balaban J connectivity index is 1.47. The number of anilines is 1. The zero-order valence-electron chi connectivity index (χ0n) is 17.3. The molecule has 1 aliphatic rings. The molecule has 0 saturated carbocycles. The molecule has 1 saturated heterocycles. The number of hydrogen-bond donors (Lipinski definition) is 2. The Morgan fingerprint density at radius 2 is 1.83 bits per heavy atom. The molecule has 0 spiro atoms. The number of amides is 3. The number of rotatable bonds is 8. The first-order chi connectivity index (χ1) is 14.5. The van der Waals surface area contributed by atoms with Crippen molar-refractivity contribution in [3.05, 3.63) is 60.2 Å². The number of ether oxygens (including phenoxy) is 1. The molecule has 7 nitrogen and oxygen atoms in total. The van der Waals surface area contributed by atoms with E-state index in [1.807, 2.05) is 30.3 Å². The van der Waals surface area contributed by atoms with Gasteiger partial charge in [-0.25, -0.2) is 0 Å². The molecule has 2 atom stereocenters. The van der Waals surface area contributed by atoms with Gasteiger partial charge in [0.2, 0.25) is 17.7 Å². The van der Waals surface area contributed by atoms with Crippen LogP contribution in [0.15, 0.2) is 54.6 Å². The molecule has 1 aliphatic heterocycles. The van der Waals surface area contributed by atoms with E-state index in [2.05, 4.69) is 10.6 Å². The SMILES string of the molecule is COc1ccc(N2CC(C(=O)N[C@H](C)C(=O)NCCc3ccccc3)CC2=O)cc1. The van der Waals surface area contributed by atoms with Gasteiger partial charge in [-0.3, -0.25) is 14.4 Å². The fourth-order valence-electron chi connectivity index (χ4n) is 3.42. The van der Waals surface area contributed by atoms with E-state index in [1.54, 1.807) is 43.2 Å². The molecule has 158 valence electrons. The number of methoxy groups -OCH3 is 1. The molecule has 2 N–H and O–H groups in total. The maximum atomic E-state index is 12.6. The standard InChI is InChI=1S/C23H27N3O4/c1-16(22(28)24-13-12-17-6-4-3-5-7-17)25-23(29)18-14-21(27)26(15-18)19-8-10-20(30-2)11-9-19/h3-11,16,18H,12-15H2,1-2H3,(H,24,28)(H,25,29)/t16-,18?/m1/s1. The Morgan fingerprint density at radius 1 is 1.13 bits per heavy atom. The van der Waals surface area contributed by atoms with Crippen LogP contribution in [0.4, 0.5) is 5.69 Å². The number of nitrogens with one attached hydrogen (secondary N) is 2. The number of carbonyl (C=O) groups excluding carboxylic acids is 3. The summed E-state index contributed by atoms with van der Waals surface area (Å²) in [7, 11) is 1.58. The van der Waals surface area contributed by atoms with Crippen LogP contribution in [-0.4, -0.2) is 44.0 Å². The molecule has 3 rings (SSSR count). The van der Waals surface area contributed by atoms with Crippen molar-refractivity contribution in [2.45, 2.75) is 25.8 Å². The summed E-state index contributed by atoms with van der Waals surface area (Å²) in [4.78, 5) is 38.8. The second-order valence-corrected chi connectivity index (χ2v) is 7.36. The number of benzene rings is 2. The zero-order valence-corrected chi connectivity index (χ0v) is 17.3. The summed E-state index contributed by atoms with van der Waals surface area (Å²) in [5.41, 5.74) is 1.86. The first-order valence-electron chi connectivity index (χ1n) is 10.0. The summed E-state index contributed by atoms with van der Waals surface area (Å²) >= 11 is 0. The summed E-state index contributed by atoms with van der Waals surface area (Å²) in [6.45, 7) is 2.43. The second kappa shape index (κ2) is 9.91. The van der Waals surface area contributed by atoms with E-state index in [-0.39, 0.29) is 24.1 Å². The Bertz CT molecular complexity index is 883. The van der Waals surface area contributed by atoms with Gasteiger partial charge in [-0.1, -0.05) is 30.3 Å². The van der Waals surface area contributed by atoms with E-state index >= 15 is 0 Å². The van der Waals surface area contributed by atoms with Crippen LogP contribution in [0, 0.1) is 5.92 Å². The van der Waals surface area contributed by atoms with Crippen molar-refractivity contribution in [1.29, 1.82) is 0 Å². The van der Waals surface area contributed by atoms with Gasteiger partial charge in [0.1, 0.15) is 11.8 Å². The van der Waals surface area contributed by atoms with Crippen LogP contribution in [0.2, 0.25) is 0 Å². The van der Waals surface area contributed by atoms with Crippen LogP contribution in [-0.2, 0) is 20.8 Å². The van der Waals surface area contributed by atoms with Gasteiger partial charge in [0.25, 0.3) is 0 Å². The van der Waals surface area contributed by atoms with E-state index in [1.165, 1.54) is 0 Å². The lowest BCUT2D eigenvalue weighted by molar-refractivity contribution is -0.130. The van der Waals surface area contributed by atoms with Crippen molar-refractivity contribution in [1.82, 2.24) is 10.6 Å². The average Bonchev–Trinajstić information content (AvgIpc) is 3.16. The molecule has 30 heavy (non-hydrogen) atoms. The lowest BCUT2D eigenvalue weighted by Gasteiger charge is -2.18. The summed E-state index contributed by atoms with van der Waals surface area (Å²) in [6.07, 6.45) is 0.849. The van der Waals surface area contributed by atoms with Gasteiger partial charge in [0, 0.05) is 25.2 Å². The van der Waals surface area contributed by atoms with E-state index in [0.717, 1.165) is 17.7 Å². The van der Waals surface area contributed by atoms with Crippen LogP contribution in [0.3, 0.4) is 0 Å². The highest BCUT2D eigenvalue weighted by Crippen LogP contribution is 2.27. The summed E-state index contributed by atoms with van der Waals surface area (Å²) in [6, 6.07) is 16.3. The second-order valence-electron chi connectivity index (χ2n) is 7.36. The molecule has 7 heteroatoms. The molecule has 2 aromatic rings. The van der Waals surface area contributed by atoms with Crippen molar-refractivity contribution in [2.24, 2.45) is 5.92 Å². The van der Waals surface area contributed by atoms with Gasteiger partial charge in [-0.2, -0.15) is 0 Å². The first-order valence-corrected chi connectivity index (χ1v) is 10.0. The van der Waals surface area contributed by atoms with Gasteiger partial charge in [-0.05, 0) is 43.2 Å². The molecule has 0 radical (unpaired) electrons. The third-order valence-electron chi connectivity index (χ3n) is 5.19. The summed E-state index contributed by atoms with van der Waals surface area (Å²) in [5.74, 6) is -0.424. The monoisotopic (exact) mass is 409 g/mol. The summed E-state index contributed by atoms with van der Waals surface area (Å²) in [5, 5.41) is 5.57. The molecular formula is C23H27N3O4. The van der Waals surface area contributed by atoms with Gasteiger partial charge in [0.15, 0.2) is 0 Å². The largest absolute Gasteiger partial charge is 0.497 e. The fraction of sp³-hybridized carbons (Fsp3) is 0.348. The Hall–Kier alpha value is -3.35. The fourth-order valence-corrected chi connectivity index (χ4v) is 3.42. The lowest BCUT2D eigenvalue weighted by Crippen LogP contribution is -2.47. The predicted octanol–water partition coefficient (Wildman–Crippen LogP) is 1.91. The van der Waals surface area contributed by atoms with E-state index in [9.17, 15) is 14.4 Å². The molecule has 1 fully saturated rings. The molecule has 0 bridgehead atoms. The van der Waals surface area contributed by atoms with Crippen molar-refractivity contribution in [3.8, 4) is 5.75 Å². The van der Waals surface area contributed by atoms with E-state index in [0.29, 0.717) is 18.8 Å². The Kier molecular flexibility index (Phi) is 7.06. The van der Waals surface area contributed by atoms with Crippen molar-refractivity contribution >= 4 is 23.4 Å². The van der Waals surface area contributed by atoms with Crippen LogP contribution in [0.25, 0.3) is 0 Å². The van der Waals surface area contributed by atoms with Crippen molar-refractivity contribution in [2.75, 3.05) is 25.1 Å². The maximum absolute atomic E-state index is 12.6. The average molecular weight is 409 g/mol. The third-order valence-corrected chi connectivity index (χ3v) is 5.19. The van der Waals surface area contributed by atoms with Gasteiger partial charge in [-0.15, -0.1) is 0 Å². The third kappa shape index (κ3) is 5.37. The smallest absolute Gasteiger partial charge is 0.242 e. The first kappa shape index (κ1) is 21.4. The normalized spacial score (nSPS) is 16.8.